The van der Waals surface area contributed by atoms with Crippen molar-refractivity contribution in [2.75, 3.05) is 6.54 Å². The topological polar surface area (TPSA) is 63.5 Å². The summed E-state index contributed by atoms with van der Waals surface area (Å²) in [5, 5.41) is 3.86. The molecule has 0 aliphatic carbocycles. The largest absolute Gasteiger partial charge is 0.459 e. The van der Waals surface area contributed by atoms with Crippen LogP contribution in [0.2, 0.25) is 0 Å². The highest BCUT2D eigenvalue weighted by molar-refractivity contribution is 14.0. The van der Waals surface area contributed by atoms with E-state index in [0.29, 0.717) is 29.8 Å². The van der Waals surface area contributed by atoms with E-state index in [2.05, 4.69) is 24.2 Å². The Bertz CT molecular complexity index is 652. The van der Waals surface area contributed by atoms with Gasteiger partial charge < -0.3 is 15.5 Å². The molecule has 0 saturated carbocycles. The number of hydrogen-bond acceptors (Lipinski definition) is 2. The average molecular weight is 419 g/mol. The second-order valence-corrected chi connectivity index (χ2v) is 5.60. The second kappa shape index (κ2) is 8.36. The van der Waals surface area contributed by atoms with Crippen molar-refractivity contribution in [1.82, 2.24) is 5.32 Å². The normalized spacial score (nSPS) is 11.8. The smallest absolute Gasteiger partial charge is 0.189 e. The van der Waals surface area contributed by atoms with Crippen LogP contribution >= 0.6 is 24.0 Å². The van der Waals surface area contributed by atoms with Crippen LogP contribution in [0.5, 0.6) is 0 Å². The molecule has 0 amide bonds. The third-order valence-corrected chi connectivity index (χ3v) is 3.42. The molecule has 122 valence electrons. The zero-order chi connectivity index (χ0) is 15.4. The Hall–Kier alpha value is -1.31. The Labute approximate surface area is 147 Å². The molecule has 0 aliphatic rings. The van der Waals surface area contributed by atoms with Gasteiger partial charge in [-0.3, -0.25) is 0 Å². The number of fused-ring (bicyclic) bond motifs is 1. The number of rotatable bonds is 5. The summed E-state index contributed by atoms with van der Waals surface area (Å²) in [4.78, 5) is 4.27. The summed E-state index contributed by atoms with van der Waals surface area (Å²) in [5.74, 6) is 1.47. The molecule has 6 heteroatoms. The van der Waals surface area contributed by atoms with E-state index in [9.17, 15) is 4.39 Å². The van der Waals surface area contributed by atoms with Crippen molar-refractivity contribution >= 4 is 40.9 Å². The molecule has 0 bridgehead atoms. The Balaban J connectivity index is 0.00000242. The highest BCUT2D eigenvalue weighted by Crippen LogP contribution is 2.26. The number of nitrogens with two attached hydrogens (primary N) is 1. The van der Waals surface area contributed by atoms with E-state index >= 15 is 0 Å². The Morgan fingerprint density at radius 2 is 2.14 bits per heavy atom. The summed E-state index contributed by atoms with van der Waals surface area (Å²) in [6.07, 6.45) is 1.04. The lowest BCUT2D eigenvalue weighted by Gasteiger charge is -2.07. The summed E-state index contributed by atoms with van der Waals surface area (Å²) in [5.41, 5.74) is 7.39. The van der Waals surface area contributed by atoms with Gasteiger partial charge in [-0.25, -0.2) is 9.38 Å². The zero-order valence-electron chi connectivity index (χ0n) is 13.1. The molecule has 1 heterocycles. The van der Waals surface area contributed by atoms with Crippen molar-refractivity contribution < 1.29 is 8.81 Å². The Morgan fingerprint density at radius 3 is 2.82 bits per heavy atom. The maximum absolute atomic E-state index is 13.2. The van der Waals surface area contributed by atoms with Gasteiger partial charge in [0.25, 0.3) is 0 Å². The highest BCUT2D eigenvalue weighted by Gasteiger charge is 2.10. The molecular weight excluding hydrogens is 396 g/mol. The van der Waals surface area contributed by atoms with Crippen LogP contribution in [0, 0.1) is 18.7 Å². The van der Waals surface area contributed by atoms with Crippen molar-refractivity contribution in [3.8, 4) is 0 Å². The lowest BCUT2D eigenvalue weighted by atomic mass is 10.1. The minimum atomic E-state index is -0.267. The van der Waals surface area contributed by atoms with Gasteiger partial charge in [-0.2, -0.15) is 0 Å². The van der Waals surface area contributed by atoms with Crippen LogP contribution in [0.4, 0.5) is 4.39 Å². The zero-order valence-corrected chi connectivity index (χ0v) is 15.5. The molecule has 22 heavy (non-hydrogen) atoms. The quantitative estimate of drug-likeness (QED) is 0.438. The van der Waals surface area contributed by atoms with Gasteiger partial charge in [0.05, 0.1) is 0 Å². The molecule has 0 fully saturated rings. The third kappa shape index (κ3) is 4.86. The summed E-state index contributed by atoms with van der Waals surface area (Å²) >= 11 is 0. The fourth-order valence-electron chi connectivity index (χ4n) is 2.10. The minimum absolute atomic E-state index is 0. The Kier molecular flexibility index (Phi) is 7.12. The number of aliphatic imine (C=N–C) groups is 1. The number of nitrogens with one attached hydrogen (secondary N) is 1. The number of nitrogens with zero attached hydrogens (tertiary/aromatic N) is 1. The van der Waals surface area contributed by atoms with E-state index in [0.717, 1.165) is 23.9 Å². The number of guanidine groups is 1. The Morgan fingerprint density at radius 1 is 1.41 bits per heavy atom. The number of benzene rings is 1. The summed E-state index contributed by atoms with van der Waals surface area (Å²) < 4.78 is 18.9. The first-order valence-corrected chi connectivity index (χ1v) is 7.18. The molecule has 0 unspecified atom stereocenters. The summed E-state index contributed by atoms with van der Waals surface area (Å²) in [7, 11) is 0. The maximum atomic E-state index is 13.2. The van der Waals surface area contributed by atoms with E-state index in [4.69, 9.17) is 10.2 Å². The lowest BCUT2D eigenvalue weighted by Crippen LogP contribution is -2.32. The van der Waals surface area contributed by atoms with Gasteiger partial charge in [0.15, 0.2) is 5.96 Å². The molecule has 0 aliphatic heterocycles. The summed E-state index contributed by atoms with van der Waals surface area (Å²) in [6.45, 7) is 7.37. The first-order chi connectivity index (χ1) is 9.97. The lowest BCUT2D eigenvalue weighted by molar-refractivity contribution is 0.546. The molecule has 0 atom stereocenters. The van der Waals surface area contributed by atoms with Gasteiger partial charge >= 0.3 is 0 Å². The van der Waals surface area contributed by atoms with Crippen LogP contribution in [0.15, 0.2) is 27.6 Å². The number of halogens is 2. The molecule has 0 saturated heterocycles. The van der Waals surface area contributed by atoms with E-state index < -0.39 is 0 Å². The third-order valence-electron chi connectivity index (χ3n) is 3.42. The molecule has 0 radical (unpaired) electrons. The molecule has 2 aromatic rings. The van der Waals surface area contributed by atoms with Crippen molar-refractivity contribution in [3.63, 3.8) is 0 Å². The standard InChI is InChI=1S/C16H22FN3O.HI/c1-10(2)6-7-19-16(18)20-9-15-11(3)13-8-12(17)4-5-14(13)21-15;/h4-5,8,10H,6-7,9H2,1-3H3,(H3,18,19,20);1H. The van der Waals surface area contributed by atoms with Crippen molar-refractivity contribution in [1.29, 1.82) is 0 Å². The van der Waals surface area contributed by atoms with E-state index in [-0.39, 0.29) is 29.8 Å². The molecular formula is C16H23FIN3O. The predicted molar refractivity (Wildman–Crippen MR) is 99.1 cm³/mol. The van der Waals surface area contributed by atoms with Gasteiger partial charge in [-0.05, 0) is 37.5 Å². The maximum Gasteiger partial charge on any atom is 0.189 e. The van der Waals surface area contributed by atoms with Gasteiger partial charge in [-0.15, -0.1) is 24.0 Å². The predicted octanol–water partition coefficient (Wildman–Crippen LogP) is 3.95. The van der Waals surface area contributed by atoms with Gasteiger partial charge in [-0.1, -0.05) is 13.8 Å². The number of hydrogen-bond donors (Lipinski definition) is 2. The first kappa shape index (κ1) is 18.7. The summed E-state index contributed by atoms with van der Waals surface area (Å²) in [6, 6.07) is 4.50. The molecule has 4 nitrogen and oxygen atoms in total. The molecule has 3 N–H and O–H groups in total. The van der Waals surface area contributed by atoms with E-state index in [1.807, 2.05) is 6.92 Å². The van der Waals surface area contributed by atoms with E-state index in [1.54, 1.807) is 6.07 Å². The van der Waals surface area contributed by atoms with Crippen LogP contribution in [-0.4, -0.2) is 12.5 Å². The fraction of sp³-hybridized carbons (Fsp3) is 0.438. The first-order valence-electron chi connectivity index (χ1n) is 7.18. The van der Waals surface area contributed by atoms with Crippen molar-refractivity contribution in [3.05, 3.63) is 35.3 Å². The van der Waals surface area contributed by atoms with Crippen molar-refractivity contribution in [2.24, 2.45) is 16.6 Å². The average Bonchev–Trinajstić information content (AvgIpc) is 2.73. The molecule has 1 aromatic carbocycles. The van der Waals surface area contributed by atoms with E-state index in [1.165, 1.54) is 12.1 Å². The van der Waals surface area contributed by atoms with Crippen LogP contribution in [0.25, 0.3) is 11.0 Å². The minimum Gasteiger partial charge on any atom is -0.459 e. The van der Waals surface area contributed by atoms with Crippen LogP contribution in [0.1, 0.15) is 31.6 Å². The number of aryl methyl sites for hydroxylation is 1. The monoisotopic (exact) mass is 419 g/mol. The van der Waals surface area contributed by atoms with Crippen LogP contribution in [-0.2, 0) is 6.54 Å². The molecule has 2 rings (SSSR count). The SMILES string of the molecule is Cc1c(CN=C(N)NCCC(C)C)oc2ccc(F)cc12.I. The van der Waals surface area contributed by atoms with Gasteiger partial charge in [0.1, 0.15) is 23.7 Å². The van der Waals surface area contributed by atoms with Crippen LogP contribution in [0.3, 0.4) is 0 Å². The molecule has 1 aromatic heterocycles. The second-order valence-electron chi connectivity index (χ2n) is 5.60. The highest BCUT2D eigenvalue weighted by atomic mass is 127. The fourth-order valence-corrected chi connectivity index (χ4v) is 2.10. The van der Waals surface area contributed by atoms with Gasteiger partial charge in [0.2, 0.25) is 0 Å². The van der Waals surface area contributed by atoms with Gasteiger partial charge in [0, 0.05) is 17.5 Å². The van der Waals surface area contributed by atoms with Crippen LogP contribution < -0.4 is 11.1 Å². The van der Waals surface area contributed by atoms with Crippen molar-refractivity contribution in [2.45, 2.75) is 33.7 Å². The number of furan rings is 1. The molecule has 0 spiro atoms.